The molecule has 0 bridgehead atoms. The fourth-order valence-corrected chi connectivity index (χ4v) is 2.92. The monoisotopic (exact) mass is 333 g/mol. The minimum atomic E-state index is -0.222. The van der Waals surface area contributed by atoms with Gasteiger partial charge in [0.25, 0.3) is 0 Å². The van der Waals surface area contributed by atoms with Gasteiger partial charge in [0.1, 0.15) is 5.82 Å². The summed E-state index contributed by atoms with van der Waals surface area (Å²) in [7, 11) is 0. The summed E-state index contributed by atoms with van der Waals surface area (Å²) < 4.78 is 13.9. The molecule has 1 nitrogen and oxygen atoms in total. The van der Waals surface area contributed by atoms with Gasteiger partial charge in [-0.3, -0.25) is 0 Å². The summed E-state index contributed by atoms with van der Waals surface area (Å²) in [5, 5.41) is 3.56. The summed E-state index contributed by atoms with van der Waals surface area (Å²) in [6.07, 6.45) is 2.51. The van der Waals surface area contributed by atoms with Crippen LogP contribution in [0.4, 0.5) is 10.1 Å². The molecule has 1 N–H and O–H groups in total. The number of hydrogen-bond acceptors (Lipinski definition) is 1. The molecule has 1 aliphatic carbocycles. The van der Waals surface area contributed by atoms with Gasteiger partial charge in [-0.2, -0.15) is 0 Å². The molecule has 1 atom stereocenters. The van der Waals surface area contributed by atoms with Crippen LogP contribution < -0.4 is 5.32 Å². The predicted molar refractivity (Wildman–Crippen MR) is 84.4 cm³/mol. The summed E-state index contributed by atoms with van der Waals surface area (Å²) in [5.74, 6) is 0.454. The number of halogens is 2. The van der Waals surface area contributed by atoms with Crippen molar-refractivity contribution in [1.29, 1.82) is 0 Å². The summed E-state index contributed by atoms with van der Waals surface area (Å²) in [5.41, 5.74) is 3.52. The highest BCUT2D eigenvalue weighted by atomic mass is 79.9. The molecule has 20 heavy (non-hydrogen) atoms. The molecular weight excluding hydrogens is 317 g/mol. The topological polar surface area (TPSA) is 12.0 Å². The second-order valence-electron chi connectivity index (χ2n) is 5.49. The van der Waals surface area contributed by atoms with Crippen molar-refractivity contribution in [3.8, 4) is 0 Å². The van der Waals surface area contributed by atoms with E-state index in [1.165, 1.54) is 36.1 Å². The second kappa shape index (κ2) is 5.57. The quantitative estimate of drug-likeness (QED) is 0.783. The average Bonchev–Trinajstić information content (AvgIpc) is 3.24. The van der Waals surface area contributed by atoms with Crippen LogP contribution in [0.25, 0.3) is 0 Å². The molecule has 0 aromatic heterocycles. The van der Waals surface area contributed by atoms with Gasteiger partial charge in [-0.15, -0.1) is 0 Å². The molecule has 1 saturated carbocycles. The van der Waals surface area contributed by atoms with Crippen molar-refractivity contribution in [1.82, 2.24) is 0 Å². The first-order chi connectivity index (χ1) is 9.63. The smallest absolute Gasteiger partial charge is 0.124 e. The highest BCUT2D eigenvalue weighted by Gasteiger charge is 2.32. The molecule has 0 amide bonds. The predicted octanol–water partition coefficient (Wildman–Crippen LogP) is 5.46. The Morgan fingerprint density at radius 1 is 1.15 bits per heavy atom. The molecular formula is C17H17BrFN. The van der Waals surface area contributed by atoms with Gasteiger partial charge in [-0.1, -0.05) is 29.8 Å². The van der Waals surface area contributed by atoms with Crippen LogP contribution >= 0.6 is 15.9 Å². The molecule has 2 aromatic carbocycles. The minimum Gasteiger partial charge on any atom is -0.377 e. The molecule has 0 spiro atoms. The van der Waals surface area contributed by atoms with Gasteiger partial charge in [-0.25, -0.2) is 4.39 Å². The van der Waals surface area contributed by atoms with Crippen molar-refractivity contribution in [2.45, 2.75) is 25.8 Å². The van der Waals surface area contributed by atoms with E-state index in [1.807, 2.05) is 0 Å². The summed E-state index contributed by atoms with van der Waals surface area (Å²) in [4.78, 5) is 0. The van der Waals surface area contributed by atoms with Gasteiger partial charge in [0.2, 0.25) is 0 Å². The molecule has 1 aliphatic rings. The van der Waals surface area contributed by atoms with Crippen LogP contribution in [0.2, 0.25) is 0 Å². The number of hydrogen-bond donors (Lipinski definition) is 1. The molecule has 0 aliphatic heterocycles. The summed E-state index contributed by atoms with van der Waals surface area (Å²) in [6.45, 7) is 2.10. The van der Waals surface area contributed by atoms with Gasteiger partial charge in [-0.05, 0) is 65.4 Å². The fraction of sp³-hybridized carbons (Fsp3) is 0.294. The van der Waals surface area contributed by atoms with E-state index in [-0.39, 0.29) is 5.82 Å². The first-order valence-electron chi connectivity index (χ1n) is 6.91. The molecule has 0 heterocycles. The maximum Gasteiger partial charge on any atom is 0.124 e. The minimum absolute atomic E-state index is 0.222. The number of aryl methyl sites for hydroxylation is 1. The van der Waals surface area contributed by atoms with Gasteiger partial charge in [0.05, 0.1) is 6.04 Å². The summed E-state index contributed by atoms with van der Waals surface area (Å²) >= 11 is 3.43. The Bertz CT molecular complexity index is 605. The lowest BCUT2D eigenvalue weighted by atomic mass is 10.0. The Balaban J connectivity index is 1.86. The number of anilines is 1. The Morgan fingerprint density at radius 3 is 2.45 bits per heavy atom. The van der Waals surface area contributed by atoms with Crippen molar-refractivity contribution in [3.05, 3.63) is 63.9 Å². The Kier molecular flexibility index (Phi) is 3.79. The Morgan fingerprint density at radius 2 is 1.85 bits per heavy atom. The van der Waals surface area contributed by atoms with Crippen molar-refractivity contribution < 1.29 is 4.39 Å². The molecule has 0 radical (unpaired) electrons. The first kappa shape index (κ1) is 13.6. The fourth-order valence-electron chi connectivity index (χ4n) is 2.45. The number of nitrogens with one attached hydrogen (secondary N) is 1. The van der Waals surface area contributed by atoms with Crippen LogP contribution in [0.5, 0.6) is 0 Å². The van der Waals surface area contributed by atoms with Crippen LogP contribution in [0.3, 0.4) is 0 Å². The van der Waals surface area contributed by atoms with E-state index in [0.29, 0.717) is 12.0 Å². The van der Waals surface area contributed by atoms with Crippen molar-refractivity contribution in [2.24, 2.45) is 5.92 Å². The molecule has 3 rings (SSSR count). The van der Waals surface area contributed by atoms with Crippen LogP contribution in [0.1, 0.15) is 30.0 Å². The summed E-state index contributed by atoms with van der Waals surface area (Å²) in [6, 6.07) is 13.7. The van der Waals surface area contributed by atoms with E-state index < -0.39 is 0 Å². The second-order valence-corrected chi connectivity index (χ2v) is 6.35. The van der Waals surface area contributed by atoms with Crippen molar-refractivity contribution >= 4 is 21.6 Å². The molecule has 3 heteroatoms. The van der Waals surface area contributed by atoms with E-state index in [0.717, 1.165) is 10.2 Å². The van der Waals surface area contributed by atoms with Gasteiger partial charge in [0, 0.05) is 10.2 Å². The van der Waals surface area contributed by atoms with Crippen LogP contribution in [-0.4, -0.2) is 0 Å². The third kappa shape index (κ3) is 3.04. The van der Waals surface area contributed by atoms with Crippen LogP contribution in [0.15, 0.2) is 46.9 Å². The largest absolute Gasteiger partial charge is 0.377 e. The molecule has 1 fully saturated rings. The lowest BCUT2D eigenvalue weighted by Gasteiger charge is -2.21. The third-order valence-electron chi connectivity index (χ3n) is 3.77. The van der Waals surface area contributed by atoms with Crippen LogP contribution in [-0.2, 0) is 0 Å². The third-order valence-corrected chi connectivity index (χ3v) is 4.43. The van der Waals surface area contributed by atoms with E-state index in [4.69, 9.17) is 0 Å². The molecule has 2 aromatic rings. The lowest BCUT2D eigenvalue weighted by Crippen LogP contribution is -2.13. The maximum atomic E-state index is 13.2. The maximum absolute atomic E-state index is 13.2. The normalized spacial score (nSPS) is 15.9. The zero-order valence-electron chi connectivity index (χ0n) is 11.4. The van der Waals surface area contributed by atoms with Gasteiger partial charge < -0.3 is 5.32 Å². The highest BCUT2D eigenvalue weighted by Crippen LogP contribution is 2.43. The number of benzene rings is 2. The molecule has 104 valence electrons. The van der Waals surface area contributed by atoms with Gasteiger partial charge >= 0.3 is 0 Å². The van der Waals surface area contributed by atoms with Crippen molar-refractivity contribution in [3.63, 3.8) is 0 Å². The SMILES string of the molecule is Cc1ccc(C(Nc2ccc(F)cc2Br)C2CC2)cc1. The zero-order valence-corrected chi connectivity index (χ0v) is 13.0. The number of rotatable bonds is 4. The first-order valence-corrected chi connectivity index (χ1v) is 7.71. The Hall–Kier alpha value is -1.35. The van der Waals surface area contributed by atoms with E-state index in [9.17, 15) is 4.39 Å². The standard InChI is InChI=1S/C17H17BrFN/c1-11-2-4-12(5-3-11)17(13-6-7-13)20-16-9-8-14(19)10-15(16)18/h2-5,8-10,13,17,20H,6-7H2,1H3. The van der Waals surface area contributed by atoms with E-state index in [2.05, 4.69) is 52.4 Å². The van der Waals surface area contributed by atoms with Gasteiger partial charge in [0.15, 0.2) is 0 Å². The van der Waals surface area contributed by atoms with E-state index in [1.54, 1.807) is 6.07 Å². The Labute approximate surface area is 127 Å². The lowest BCUT2D eigenvalue weighted by molar-refractivity contribution is 0.626. The molecule has 1 unspecified atom stereocenters. The van der Waals surface area contributed by atoms with Crippen LogP contribution in [0, 0.1) is 18.7 Å². The highest BCUT2D eigenvalue weighted by molar-refractivity contribution is 9.10. The van der Waals surface area contributed by atoms with E-state index >= 15 is 0 Å². The van der Waals surface area contributed by atoms with Crippen molar-refractivity contribution in [2.75, 3.05) is 5.32 Å². The zero-order chi connectivity index (χ0) is 14.1. The average molecular weight is 334 g/mol. The molecule has 0 saturated heterocycles.